The van der Waals surface area contributed by atoms with E-state index in [1.807, 2.05) is 6.92 Å². The van der Waals surface area contributed by atoms with Crippen LogP contribution in [0.5, 0.6) is 0 Å². The summed E-state index contributed by atoms with van der Waals surface area (Å²) < 4.78 is 4.93. The topological polar surface area (TPSA) is 38.7 Å². The van der Waals surface area contributed by atoms with Crippen LogP contribution < -0.4 is 0 Å². The molecule has 0 amide bonds. The van der Waals surface area contributed by atoms with Gasteiger partial charge in [-0.1, -0.05) is 12.2 Å². The summed E-state index contributed by atoms with van der Waals surface area (Å²) in [5, 5.41) is 0. The monoisotopic (exact) mass is 193 g/mol. The summed E-state index contributed by atoms with van der Waals surface area (Å²) in [7, 11) is 0. The third kappa shape index (κ3) is 1.59. The molecular weight excluding hydrogens is 178 g/mol. The van der Waals surface area contributed by atoms with E-state index in [9.17, 15) is 4.79 Å². The number of nitrogens with zero attached hydrogens (tertiary/aromatic N) is 1. The van der Waals surface area contributed by atoms with E-state index in [0.717, 1.165) is 25.7 Å². The van der Waals surface area contributed by atoms with Gasteiger partial charge < -0.3 is 4.74 Å². The SMILES string of the molecule is CCOC(=O)C1=NC2(C=CCC2)CC1. The van der Waals surface area contributed by atoms with Crippen LogP contribution in [0, 0.1) is 0 Å². The Hall–Kier alpha value is -1.12. The number of hydrogen-bond acceptors (Lipinski definition) is 3. The molecule has 0 aromatic carbocycles. The van der Waals surface area contributed by atoms with Gasteiger partial charge in [0.1, 0.15) is 5.71 Å². The Morgan fingerprint density at radius 3 is 3.14 bits per heavy atom. The van der Waals surface area contributed by atoms with Crippen LogP contribution in [0.15, 0.2) is 17.1 Å². The van der Waals surface area contributed by atoms with Crippen molar-refractivity contribution >= 4 is 11.7 Å². The van der Waals surface area contributed by atoms with Gasteiger partial charge in [0, 0.05) is 0 Å². The van der Waals surface area contributed by atoms with Gasteiger partial charge >= 0.3 is 5.97 Å². The van der Waals surface area contributed by atoms with Crippen LogP contribution in [-0.2, 0) is 9.53 Å². The van der Waals surface area contributed by atoms with Gasteiger partial charge in [0.05, 0.1) is 12.1 Å². The molecule has 0 N–H and O–H groups in total. The zero-order valence-electron chi connectivity index (χ0n) is 8.45. The number of hydrogen-bond donors (Lipinski definition) is 0. The molecule has 0 aromatic heterocycles. The highest BCUT2D eigenvalue weighted by Gasteiger charge is 2.36. The van der Waals surface area contributed by atoms with Crippen LogP contribution in [0.4, 0.5) is 0 Å². The molecular formula is C11H15NO2. The minimum Gasteiger partial charge on any atom is -0.462 e. The second-order valence-corrected chi connectivity index (χ2v) is 3.82. The van der Waals surface area contributed by atoms with Crippen molar-refractivity contribution in [3.8, 4) is 0 Å². The lowest BCUT2D eigenvalue weighted by atomic mass is 9.97. The zero-order chi connectivity index (χ0) is 10.0. The molecule has 1 unspecified atom stereocenters. The molecule has 1 heterocycles. The van der Waals surface area contributed by atoms with Crippen LogP contribution >= 0.6 is 0 Å². The van der Waals surface area contributed by atoms with Gasteiger partial charge in [0.2, 0.25) is 0 Å². The molecule has 1 aliphatic heterocycles. The van der Waals surface area contributed by atoms with Crippen molar-refractivity contribution in [3.05, 3.63) is 12.2 Å². The van der Waals surface area contributed by atoms with E-state index >= 15 is 0 Å². The van der Waals surface area contributed by atoms with Crippen LogP contribution in [0.25, 0.3) is 0 Å². The predicted octanol–water partition coefficient (Wildman–Crippen LogP) is 1.87. The minimum atomic E-state index is -0.232. The Morgan fingerprint density at radius 2 is 2.50 bits per heavy atom. The van der Waals surface area contributed by atoms with E-state index in [1.165, 1.54) is 0 Å². The lowest BCUT2D eigenvalue weighted by molar-refractivity contribution is -0.135. The Morgan fingerprint density at radius 1 is 1.64 bits per heavy atom. The van der Waals surface area contributed by atoms with Crippen molar-refractivity contribution in [2.45, 2.75) is 38.1 Å². The summed E-state index contributed by atoms with van der Waals surface area (Å²) >= 11 is 0. The first-order valence-electron chi connectivity index (χ1n) is 5.19. The number of aliphatic imine (C=N–C) groups is 1. The van der Waals surface area contributed by atoms with Gasteiger partial charge in [-0.2, -0.15) is 0 Å². The van der Waals surface area contributed by atoms with Crippen molar-refractivity contribution in [1.82, 2.24) is 0 Å². The van der Waals surface area contributed by atoms with Crippen LogP contribution in [0.3, 0.4) is 0 Å². The second-order valence-electron chi connectivity index (χ2n) is 3.82. The Kier molecular flexibility index (Phi) is 2.40. The minimum absolute atomic E-state index is 0.0535. The summed E-state index contributed by atoms with van der Waals surface area (Å²) in [6, 6.07) is 0. The fourth-order valence-corrected chi connectivity index (χ4v) is 2.10. The van der Waals surface area contributed by atoms with E-state index in [4.69, 9.17) is 4.74 Å². The highest BCUT2D eigenvalue weighted by molar-refractivity contribution is 6.37. The van der Waals surface area contributed by atoms with Crippen molar-refractivity contribution in [3.63, 3.8) is 0 Å². The number of carbonyl (C=O) groups excluding carboxylic acids is 1. The maximum absolute atomic E-state index is 11.4. The zero-order valence-corrected chi connectivity index (χ0v) is 8.45. The summed E-state index contributed by atoms with van der Waals surface area (Å²) in [5.74, 6) is -0.232. The Bertz CT molecular complexity index is 306. The summed E-state index contributed by atoms with van der Waals surface area (Å²) in [6.07, 6.45) is 8.16. The van der Waals surface area contributed by atoms with Gasteiger partial charge in [-0.3, -0.25) is 4.99 Å². The van der Waals surface area contributed by atoms with E-state index in [-0.39, 0.29) is 11.5 Å². The van der Waals surface area contributed by atoms with Gasteiger partial charge in [0.25, 0.3) is 0 Å². The molecule has 0 bridgehead atoms. The maximum atomic E-state index is 11.4. The summed E-state index contributed by atoms with van der Waals surface area (Å²) in [5.41, 5.74) is 0.570. The smallest absolute Gasteiger partial charge is 0.352 e. The number of esters is 1. The standard InChI is InChI=1S/C11H15NO2/c1-2-14-10(13)9-5-8-11(12-9)6-3-4-7-11/h3,6H,2,4-5,7-8H2,1H3. The molecule has 0 fully saturated rings. The Labute approximate surface area is 83.9 Å². The Balaban J connectivity index is 2.09. The molecule has 14 heavy (non-hydrogen) atoms. The third-order valence-electron chi connectivity index (χ3n) is 2.84. The van der Waals surface area contributed by atoms with Crippen LogP contribution in [0.1, 0.15) is 32.6 Å². The van der Waals surface area contributed by atoms with Crippen LogP contribution in [-0.4, -0.2) is 23.8 Å². The fourth-order valence-electron chi connectivity index (χ4n) is 2.10. The predicted molar refractivity (Wildman–Crippen MR) is 54.4 cm³/mol. The average molecular weight is 193 g/mol. The van der Waals surface area contributed by atoms with Crippen molar-refractivity contribution < 1.29 is 9.53 Å². The van der Waals surface area contributed by atoms with Crippen LogP contribution in [0.2, 0.25) is 0 Å². The van der Waals surface area contributed by atoms with Crippen molar-refractivity contribution in [1.29, 1.82) is 0 Å². The summed E-state index contributed by atoms with van der Waals surface area (Å²) in [4.78, 5) is 15.9. The molecule has 0 radical (unpaired) electrons. The molecule has 3 nitrogen and oxygen atoms in total. The van der Waals surface area contributed by atoms with E-state index in [0.29, 0.717) is 12.3 Å². The second kappa shape index (κ2) is 3.56. The van der Waals surface area contributed by atoms with Gasteiger partial charge in [-0.05, 0) is 32.6 Å². The highest BCUT2D eigenvalue weighted by Crippen LogP contribution is 2.36. The van der Waals surface area contributed by atoms with E-state index < -0.39 is 0 Å². The average Bonchev–Trinajstić information content (AvgIpc) is 2.78. The lowest BCUT2D eigenvalue weighted by Gasteiger charge is -2.15. The first-order valence-corrected chi connectivity index (χ1v) is 5.19. The molecule has 2 aliphatic rings. The van der Waals surface area contributed by atoms with E-state index in [1.54, 1.807) is 0 Å². The lowest BCUT2D eigenvalue weighted by Crippen LogP contribution is -2.17. The number of allylic oxidation sites excluding steroid dienone is 1. The van der Waals surface area contributed by atoms with Crippen molar-refractivity contribution in [2.24, 2.45) is 4.99 Å². The molecule has 1 atom stereocenters. The third-order valence-corrected chi connectivity index (χ3v) is 2.84. The molecule has 3 heteroatoms. The first kappa shape index (κ1) is 9.44. The number of carbonyl (C=O) groups is 1. The molecule has 0 aromatic rings. The van der Waals surface area contributed by atoms with Gasteiger partial charge in [-0.25, -0.2) is 4.79 Å². The number of ether oxygens (including phenoxy) is 1. The maximum Gasteiger partial charge on any atom is 0.352 e. The molecule has 1 aliphatic carbocycles. The molecule has 2 rings (SSSR count). The quantitative estimate of drug-likeness (QED) is 0.496. The van der Waals surface area contributed by atoms with Gasteiger partial charge in [0.15, 0.2) is 0 Å². The largest absolute Gasteiger partial charge is 0.462 e. The fraction of sp³-hybridized carbons (Fsp3) is 0.636. The van der Waals surface area contributed by atoms with E-state index in [2.05, 4.69) is 17.1 Å². The van der Waals surface area contributed by atoms with Crippen molar-refractivity contribution in [2.75, 3.05) is 6.61 Å². The molecule has 76 valence electrons. The summed E-state index contributed by atoms with van der Waals surface area (Å²) in [6.45, 7) is 2.25. The molecule has 1 spiro atoms. The van der Waals surface area contributed by atoms with Gasteiger partial charge in [-0.15, -0.1) is 0 Å². The highest BCUT2D eigenvalue weighted by atomic mass is 16.5. The molecule has 0 saturated heterocycles. The first-order chi connectivity index (χ1) is 6.76. The molecule has 0 saturated carbocycles. The number of rotatable bonds is 2. The normalized spacial score (nSPS) is 29.6.